The molecule has 150 valence electrons. The third-order valence-electron chi connectivity index (χ3n) is 4.00. The van der Waals surface area contributed by atoms with Gasteiger partial charge in [0.1, 0.15) is 23.7 Å². The first-order chi connectivity index (χ1) is 13.8. The number of anilines is 1. The smallest absolute Gasteiger partial charge is 0.329 e. The molecule has 1 heterocycles. The van der Waals surface area contributed by atoms with Crippen LogP contribution in [0.15, 0.2) is 51.0 Å². The summed E-state index contributed by atoms with van der Waals surface area (Å²) in [5.41, 5.74) is 0.683. The third kappa shape index (κ3) is 4.60. The highest BCUT2D eigenvalue weighted by molar-refractivity contribution is 9.11. The number of urea groups is 1. The van der Waals surface area contributed by atoms with Crippen LogP contribution in [-0.4, -0.2) is 41.5 Å². The average molecular weight is 525 g/mol. The molecule has 1 fully saturated rings. The second-order valence-electron chi connectivity index (χ2n) is 5.95. The number of rotatable bonds is 5. The van der Waals surface area contributed by atoms with Crippen molar-refractivity contribution in [1.29, 1.82) is 0 Å². The fourth-order valence-corrected chi connectivity index (χ4v) is 3.91. The normalized spacial score (nSPS) is 14.9. The molecule has 1 aliphatic heterocycles. The lowest BCUT2D eigenvalue weighted by Gasteiger charge is -2.13. The number of para-hydroxylation sites is 2. The molecule has 1 saturated heterocycles. The van der Waals surface area contributed by atoms with Crippen molar-refractivity contribution in [2.75, 3.05) is 19.0 Å². The van der Waals surface area contributed by atoms with E-state index in [1.54, 1.807) is 36.4 Å². The second kappa shape index (κ2) is 8.66. The number of carbonyl (C=O) groups excluding carboxylic acids is 3. The van der Waals surface area contributed by atoms with E-state index in [4.69, 9.17) is 4.74 Å². The molecule has 10 heteroatoms. The number of imide groups is 1. The highest BCUT2D eigenvalue weighted by Gasteiger charge is 2.35. The Bertz CT molecular complexity index is 1040. The molecule has 0 atom stereocenters. The maximum atomic E-state index is 12.6. The lowest BCUT2D eigenvalue weighted by atomic mass is 10.1. The summed E-state index contributed by atoms with van der Waals surface area (Å²) in [6.45, 7) is -0.478. The predicted molar refractivity (Wildman–Crippen MR) is 113 cm³/mol. The fourth-order valence-electron chi connectivity index (χ4n) is 2.65. The molecule has 0 saturated carbocycles. The predicted octanol–water partition coefficient (Wildman–Crippen LogP) is 3.46. The summed E-state index contributed by atoms with van der Waals surface area (Å²) in [7, 11) is 1.47. The number of hydrogen-bond donors (Lipinski definition) is 3. The molecule has 4 amide bonds. The van der Waals surface area contributed by atoms with Crippen LogP contribution in [0.1, 0.15) is 5.56 Å². The largest absolute Gasteiger partial charge is 0.506 e. The Balaban J connectivity index is 1.76. The van der Waals surface area contributed by atoms with Crippen molar-refractivity contribution in [2.24, 2.45) is 0 Å². The van der Waals surface area contributed by atoms with Crippen molar-refractivity contribution in [1.82, 2.24) is 10.2 Å². The summed E-state index contributed by atoms with van der Waals surface area (Å²) >= 11 is 6.50. The van der Waals surface area contributed by atoms with Gasteiger partial charge in [-0.1, -0.05) is 28.1 Å². The number of ether oxygens (including phenoxy) is 1. The molecule has 0 spiro atoms. The number of nitrogens with zero attached hydrogens (tertiary/aromatic N) is 1. The highest BCUT2D eigenvalue weighted by Crippen LogP contribution is 2.33. The van der Waals surface area contributed by atoms with E-state index >= 15 is 0 Å². The van der Waals surface area contributed by atoms with Crippen molar-refractivity contribution < 1.29 is 24.2 Å². The Kier molecular flexibility index (Phi) is 6.23. The zero-order valence-electron chi connectivity index (χ0n) is 15.0. The molecule has 0 aromatic heterocycles. The summed E-state index contributed by atoms with van der Waals surface area (Å²) in [5.74, 6) is -0.877. The lowest BCUT2D eigenvalue weighted by Crippen LogP contribution is -2.38. The molecule has 2 aromatic rings. The van der Waals surface area contributed by atoms with Crippen molar-refractivity contribution in [2.45, 2.75) is 0 Å². The van der Waals surface area contributed by atoms with Gasteiger partial charge in [-0.15, -0.1) is 0 Å². The topological polar surface area (TPSA) is 108 Å². The number of nitrogens with one attached hydrogen (secondary N) is 2. The summed E-state index contributed by atoms with van der Waals surface area (Å²) in [6, 6.07) is 9.28. The van der Waals surface area contributed by atoms with Gasteiger partial charge in [0.2, 0.25) is 5.91 Å². The van der Waals surface area contributed by atoms with E-state index in [9.17, 15) is 19.5 Å². The minimum absolute atomic E-state index is 0.0552. The van der Waals surface area contributed by atoms with Crippen LogP contribution in [0.3, 0.4) is 0 Å². The number of phenols is 1. The van der Waals surface area contributed by atoms with Gasteiger partial charge < -0.3 is 20.5 Å². The van der Waals surface area contributed by atoms with Gasteiger partial charge in [-0.25, -0.2) is 9.69 Å². The van der Waals surface area contributed by atoms with Crippen molar-refractivity contribution in [3.63, 3.8) is 0 Å². The van der Waals surface area contributed by atoms with Gasteiger partial charge in [0, 0.05) is 10.0 Å². The van der Waals surface area contributed by atoms with Crippen LogP contribution < -0.4 is 15.4 Å². The van der Waals surface area contributed by atoms with E-state index in [-0.39, 0.29) is 11.4 Å². The first-order valence-corrected chi connectivity index (χ1v) is 9.84. The molecule has 0 radical (unpaired) electrons. The summed E-state index contributed by atoms with van der Waals surface area (Å²) < 4.78 is 6.24. The van der Waals surface area contributed by atoms with E-state index in [1.165, 1.54) is 13.2 Å². The Hall–Kier alpha value is -2.85. The average Bonchev–Trinajstić information content (AvgIpc) is 2.93. The van der Waals surface area contributed by atoms with Crippen LogP contribution in [0.4, 0.5) is 10.5 Å². The third-order valence-corrected chi connectivity index (χ3v) is 5.06. The van der Waals surface area contributed by atoms with Crippen LogP contribution in [0, 0.1) is 0 Å². The van der Waals surface area contributed by atoms with Gasteiger partial charge in [0.25, 0.3) is 5.91 Å². The quantitative estimate of drug-likeness (QED) is 0.410. The zero-order chi connectivity index (χ0) is 21.1. The SMILES string of the molecule is COc1ccccc1NC(=O)CN1C(=O)N/C(=C/c2cc(Br)cc(Br)c2O)C1=O. The van der Waals surface area contributed by atoms with Crippen LogP contribution in [-0.2, 0) is 9.59 Å². The number of methoxy groups -OCH3 is 1. The summed E-state index contributed by atoms with van der Waals surface area (Å²) in [5, 5.41) is 15.2. The van der Waals surface area contributed by atoms with Crippen LogP contribution >= 0.6 is 31.9 Å². The van der Waals surface area contributed by atoms with Gasteiger partial charge in [-0.2, -0.15) is 0 Å². The minimum Gasteiger partial charge on any atom is -0.506 e. The number of aromatic hydroxyl groups is 1. The van der Waals surface area contributed by atoms with Crippen molar-refractivity contribution in [3.05, 3.63) is 56.6 Å². The molecule has 2 aromatic carbocycles. The van der Waals surface area contributed by atoms with Crippen molar-refractivity contribution in [3.8, 4) is 11.5 Å². The maximum absolute atomic E-state index is 12.6. The van der Waals surface area contributed by atoms with Gasteiger partial charge >= 0.3 is 6.03 Å². The number of phenolic OH excluding ortho intramolecular Hbond substituents is 1. The lowest BCUT2D eigenvalue weighted by molar-refractivity contribution is -0.127. The Labute approximate surface area is 182 Å². The van der Waals surface area contributed by atoms with Crippen molar-refractivity contribution >= 4 is 61.5 Å². The molecule has 1 aliphatic rings. The van der Waals surface area contributed by atoms with Gasteiger partial charge in [-0.05, 0) is 46.3 Å². The first kappa shape index (κ1) is 20.9. The Morgan fingerprint density at radius 2 is 2.00 bits per heavy atom. The van der Waals surface area contributed by atoms with E-state index in [0.29, 0.717) is 25.9 Å². The van der Waals surface area contributed by atoms with Gasteiger partial charge in [-0.3, -0.25) is 9.59 Å². The molecule has 3 N–H and O–H groups in total. The monoisotopic (exact) mass is 523 g/mol. The first-order valence-electron chi connectivity index (χ1n) is 8.25. The number of benzene rings is 2. The Morgan fingerprint density at radius 3 is 2.72 bits per heavy atom. The van der Waals surface area contributed by atoms with Crippen LogP contribution in [0.2, 0.25) is 0 Å². The molecule has 0 aliphatic carbocycles. The molecule has 8 nitrogen and oxygen atoms in total. The number of hydrogen-bond acceptors (Lipinski definition) is 5. The molecule has 29 heavy (non-hydrogen) atoms. The molecule has 0 bridgehead atoms. The van der Waals surface area contributed by atoms with E-state index in [1.807, 2.05) is 0 Å². The van der Waals surface area contributed by atoms with E-state index in [2.05, 4.69) is 42.5 Å². The fraction of sp³-hybridized carbons (Fsp3) is 0.105. The second-order valence-corrected chi connectivity index (χ2v) is 7.72. The molecule has 0 unspecified atom stereocenters. The van der Waals surface area contributed by atoms with E-state index < -0.39 is 24.4 Å². The molecular formula is C19H15Br2N3O5. The number of carbonyl (C=O) groups is 3. The Morgan fingerprint density at radius 1 is 1.28 bits per heavy atom. The maximum Gasteiger partial charge on any atom is 0.329 e. The van der Waals surface area contributed by atoms with Crippen LogP contribution in [0.5, 0.6) is 11.5 Å². The van der Waals surface area contributed by atoms with E-state index in [0.717, 1.165) is 4.90 Å². The van der Waals surface area contributed by atoms with Gasteiger partial charge in [0.05, 0.1) is 17.3 Å². The standard InChI is InChI=1S/C19H15Br2N3O5/c1-29-15-5-3-2-4-13(15)22-16(25)9-24-18(27)14(23-19(24)28)7-10-6-11(20)8-12(21)17(10)26/h2-8,26H,9H2,1H3,(H,22,25)(H,23,28)/b14-7+. The number of halogens is 2. The summed E-state index contributed by atoms with van der Waals surface area (Å²) in [4.78, 5) is 37.9. The zero-order valence-corrected chi connectivity index (χ0v) is 18.2. The minimum atomic E-state index is -0.732. The molecular weight excluding hydrogens is 510 g/mol. The molecule has 3 rings (SSSR count). The highest BCUT2D eigenvalue weighted by atomic mass is 79.9. The van der Waals surface area contributed by atoms with Crippen LogP contribution in [0.25, 0.3) is 6.08 Å². The number of amides is 4. The van der Waals surface area contributed by atoms with Gasteiger partial charge in [0.15, 0.2) is 0 Å². The summed E-state index contributed by atoms with van der Waals surface area (Å²) in [6.07, 6.45) is 1.34.